The van der Waals surface area contributed by atoms with E-state index in [9.17, 15) is 0 Å². The molecule has 0 heteroatoms. The Labute approximate surface area is 769 Å². The minimum Gasteiger partial charge on any atom is -0.0654 e. The maximum absolute atomic E-state index is 2.81. The van der Waals surface area contributed by atoms with Gasteiger partial charge in [0, 0.05) is 16.2 Å². The van der Waals surface area contributed by atoms with E-state index in [-0.39, 0.29) is 16.2 Å². The van der Waals surface area contributed by atoms with Crippen LogP contribution in [0.3, 0.4) is 0 Å². The molecule has 129 heavy (non-hydrogen) atoms. The average Bonchev–Trinajstić information content (AvgIpc) is 1.64. The summed E-state index contributed by atoms with van der Waals surface area (Å²) in [6, 6.07) is 91.4. The van der Waals surface area contributed by atoms with Crippen LogP contribution in [-0.2, 0) is 16.2 Å². The first-order chi connectivity index (χ1) is 63.8. The first kappa shape index (κ1) is 84.4. The summed E-state index contributed by atoms with van der Waals surface area (Å²) in [5.74, 6) is 0. The predicted molar refractivity (Wildman–Crippen MR) is 567 cm³/mol. The summed E-state index contributed by atoms with van der Waals surface area (Å²) in [4.78, 5) is 0. The van der Waals surface area contributed by atoms with Crippen molar-refractivity contribution < 1.29 is 0 Å². The number of benzene rings is 19. The van der Waals surface area contributed by atoms with E-state index >= 15 is 0 Å². The van der Waals surface area contributed by atoms with Crippen molar-refractivity contribution in [2.45, 2.75) is 327 Å². The van der Waals surface area contributed by atoms with Gasteiger partial charge in [-0.3, -0.25) is 0 Å². The first-order valence-electron chi connectivity index (χ1n) is 52.8. The lowest BCUT2D eigenvalue weighted by Crippen LogP contribution is -2.26. The molecule has 0 nitrogen and oxygen atoms in total. The van der Waals surface area contributed by atoms with E-state index in [2.05, 4.69) is 260 Å². The highest BCUT2D eigenvalue weighted by Crippen LogP contribution is 2.64. The monoisotopic (exact) mass is 1690 g/mol. The highest BCUT2D eigenvalue weighted by Gasteiger charge is 2.47. The van der Waals surface area contributed by atoms with Crippen LogP contribution in [0.4, 0.5) is 0 Å². The van der Waals surface area contributed by atoms with Crippen LogP contribution in [-0.4, -0.2) is 0 Å². The van der Waals surface area contributed by atoms with Gasteiger partial charge in [-0.15, -0.1) is 0 Å². The number of rotatable bonds is 45. The number of hydrogen-bond acceptors (Lipinski definition) is 0. The Morgan fingerprint density at radius 1 is 0.140 bits per heavy atom. The molecule has 0 spiro atoms. The third-order valence-corrected chi connectivity index (χ3v) is 33.9. The van der Waals surface area contributed by atoms with E-state index in [0.29, 0.717) is 0 Å². The molecule has 19 aromatic rings. The summed E-state index contributed by atoms with van der Waals surface area (Å²) in [5.41, 5.74) is 26.7. The van der Waals surface area contributed by atoms with Gasteiger partial charge < -0.3 is 0 Å². The maximum Gasteiger partial charge on any atom is 0.0215 e. The maximum atomic E-state index is 2.81. The molecule has 22 rings (SSSR count). The molecule has 0 amide bonds. The summed E-state index contributed by atoms with van der Waals surface area (Å²) in [5, 5.41) is 34.0. The van der Waals surface area contributed by atoms with E-state index in [1.807, 2.05) is 0 Å². The van der Waals surface area contributed by atoms with Crippen LogP contribution in [0.2, 0.25) is 0 Å². The quantitative estimate of drug-likeness (QED) is 0.0203. The van der Waals surface area contributed by atoms with Crippen LogP contribution in [0.1, 0.15) is 345 Å². The van der Waals surface area contributed by atoms with Gasteiger partial charge in [-0.25, -0.2) is 0 Å². The minimum atomic E-state index is -0.151. The first-order valence-corrected chi connectivity index (χ1v) is 52.8. The standard InChI is InChI=1S/C129H138/c1-7-13-19-25-31-39-72-127(73-40-32-26-20-14-8-2)109-61-38-37-50-91(109)92-67-62-85(80-110(92)127)86-63-68-93-94-69-64-87(82-112(94)128(111(93)81-86,74-41-33-27-21-15-9-3)75-42-34-28-22-16-10-4)88-65-70-95-96-71-66-89(84-114(96)129(113(95)83-88,76-43-35-29-23-17-11-5)77-44-36-30-24-18-12-6)90-78-107-105-59-48-57-103-101-55-46-53-99-97-51-45-52-98-100-54-47-56-102-104-58-49-60-106-108(79-90)120(107)126-124(118(103)105)122(116(99)101)121(115(97)98)123(117(100)102)125(126)119(104)106/h37-38,45-71,78-84H,7-36,39-44,72-77H2,1-6H3. The van der Waals surface area contributed by atoms with Crippen LogP contribution in [0.25, 0.3) is 196 Å². The van der Waals surface area contributed by atoms with Crippen molar-refractivity contribution >= 4 is 129 Å². The van der Waals surface area contributed by atoms with Gasteiger partial charge in [-0.2, -0.15) is 0 Å². The van der Waals surface area contributed by atoms with Gasteiger partial charge in [0.1, 0.15) is 0 Å². The topological polar surface area (TPSA) is 0 Å². The Hall–Kier alpha value is -10.1. The van der Waals surface area contributed by atoms with Crippen molar-refractivity contribution in [1.29, 1.82) is 0 Å². The van der Waals surface area contributed by atoms with Crippen molar-refractivity contribution in [1.82, 2.24) is 0 Å². The smallest absolute Gasteiger partial charge is 0.0215 e. The number of hydrogen-bond donors (Lipinski definition) is 0. The predicted octanol–water partition coefficient (Wildman–Crippen LogP) is 40.5. The molecule has 0 heterocycles. The zero-order valence-electron chi connectivity index (χ0n) is 79.0. The lowest BCUT2D eigenvalue weighted by Gasteiger charge is -2.34. The normalized spacial score (nSPS) is 14.4. The van der Waals surface area contributed by atoms with Gasteiger partial charge >= 0.3 is 0 Å². The Morgan fingerprint density at radius 2 is 0.326 bits per heavy atom. The fourth-order valence-electron chi connectivity index (χ4n) is 27.7. The lowest BCUT2D eigenvalue weighted by molar-refractivity contribution is 0.397. The van der Waals surface area contributed by atoms with E-state index in [1.54, 1.807) is 33.4 Å². The van der Waals surface area contributed by atoms with Crippen LogP contribution in [0, 0.1) is 0 Å². The molecular weight excluding hydrogens is 1550 g/mol. The van der Waals surface area contributed by atoms with Crippen molar-refractivity contribution in [3.63, 3.8) is 0 Å². The molecule has 0 aliphatic heterocycles. The summed E-state index contributed by atoms with van der Waals surface area (Å²) in [6.07, 6.45) is 54.5. The molecule has 0 saturated carbocycles. The Morgan fingerprint density at radius 3 is 0.566 bits per heavy atom. The van der Waals surface area contributed by atoms with Crippen LogP contribution in [0.15, 0.2) is 218 Å². The van der Waals surface area contributed by atoms with Gasteiger partial charge in [-0.05, 0) is 310 Å². The molecule has 0 fully saturated rings. The van der Waals surface area contributed by atoms with Crippen molar-refractivity contribution in [2.24, 2.45) is 0 Å². The second-order valence-corrected chi connectivity index (χ2v) is 41.5. The highest BCUT2D eigenvalue weighted by atomic mass is 14.5. The second-order valence-electron chi connectivity index (χ2n) is 41.5. The van der Waals surface area contributed by atoms with E-state index in [0.717, 1.165) is 0 Å². The van der Waals surface area contributed by atoms with Crippen LogP contribution >= 0.6 is 0 Å². The highest BCUT2D eigenvalue weighted by molar-refractivity contribution is 6.61. The van der Waals surface area contributed by atoms with Gasteiger partial charge in [0.25, 0.3) is 0 Å². The fraction of sp³-hybridized carbons (Fsp3) is 0.395. The Kier molecular flexibility index (Phi) is 23.5. The minimum absolute atomic E-state index is 0.0345. The van der Waals surface area contributed by atoms with Gasteiger partial charge in [0.2, 0.25) is 0 Å². The summed E-state index contributed by atoms with van der Waals surface area (Å²) in [6.45, 7) is 14.3. The van der Waals surface area contributed by atoms with E-state index in [1.165, 1.54) is 466 Å². The molecule has 654 valence electrons. The van der Waals surface area contributed by atoms with Crippen molar-refractivity contribution in [3.8, 4) is 66.8 Å². The molecule has 0 radical (unpaired) electrons. The van der Waals surface area contributed by atoms with Crippen molar-refractivity contribution in [3.05, 3.63) is 252 Å². The molecule has 0 N–H and O–H groups in total. The van der Waals surface area contributed by atoms with Crippen molar-refractivity contribution in [2.75, 3.05) is 0 Å². The van der Waals surface area contributed by atoms with Gasteiger partial charge in [-0.1, -0.05) is 449 Å². The number of fused-ring (bicyclic) bond motifs is 15. The summed E-state index contributed by atoms with van der Waals surface area (Å²) in [7, 11) is 0. The molecule has 0 unspecified atom stereocenters. The third kappa shape index (κ3) is 13.9. The lowest BCUT2D eigenvalue weighted by atomic mass is 9.69. The fourth-order valence-corrected chi connectivity index (χ4v) is 27.7. The molecule has 19 aromatic carbocycles. The zero-order valence-corrected chi connectivity index (χ0v) is 79.0. The van der Waals surface area contributed by atoms with Gasteiger partial charge in [0.15, 0.2) is 0 Å². The molecule has 3 aliphatic carbocycles. The largest absolute Gasteiger partial charge is 0.0654 e. The molecule has 0 saturated heterocycles. The number of unbranched alkanes of at least 4 members (excludes halogenated alkanes) is 30. The van der Waals surface area contributed by atoms with Gasteiger partial charge in [0.05, 0.1) is 0 Å². The summed E-state index contributed by atoms with van der Waals surface area (Å²) >= 11 is 0. The SMILES string of the molecule is CCCCCCCCC1(CCCCCCCC)c2ccccc2-c2ccc(-c3ccc4c(c3)C(CCCCCCCC)(CCCCCCCC)c3cc(-c5ccc6c(c5)C(CCCCCCCC)(CCCCCCCC)c5cc(-c7cc8c9cccc%10c%11cccc%12c%13cccc%14c%15cccc%16c%17cccc%18c(c7)c8c7c(c%109)c(c%12%11)c(c%13%14)c(c%15%16)c7c%17%18)ccc5-6)ccc3-4)cc21. The average molecular weight is 1690 g/mol. The summed E-state index contributed by atoms with van der Waals surface area (Å²) < 4.78 is 0. The molecule has 0 aromatic heterocycles. The van der Waals surface area contributed by atoms with Crippen LogP contribution in [0.5, 0.6) is 0 Å². The van der Waals surface area contributed by atoms with E-state index < -0.39 is 0 Å². The Bertz CT molecular complexity index is 6970. The molecular formula is C129H138. The zero-order chi connectivity index (χ0) is 86.9. The van der Waals surface area contributed by atoms with E-state index in [4.69, 9.17) is 0 Å². The molecule has 0 atom stereocenters. The molecule has 0 bridgehead atoms. The second kappa shape index (κ2) is 35.9. The third-order valence-electron chi connectivity index (χ3n) is 33.9. The molecule has 3 aliphatic rings. The van der Waals surface area contributed by atoms with Crippen LogP contribution < -0.4 is 0 Å². The Balaban J connectivity index is 0.694.